The molecule has 0 radical (unpaired) electrons. The second kappa shape index (κ2) is 8.67. The Morgan fingerprint density at radius 2 is 2.09 bits per heavy atom. The Hall–Kier alpha value is -4.32. The SMILES string of the molecule is CC(OC(=O)Nc1ccc(-c2[nH]c3cc(OCc4ncn[nH]4)ccc3c2C#N)cc1)C1CC1. The van der Waals surface area contributed by atoms with Crippen LogP contribution in [0, 0.1) is 17.2 Å². The van der Waals surface area contributed by atoms with Crippen molar-refractivity contribution in [1.82, 2.24) is 20.2 Å². The van der Waals surface area contributed by atoms with Crippen LogP contribution in [0.3, 0.4) is 0 Å². The van der Waals surface area contributed by atoms with Crippen LogP contribution in [0.1, 0.15) is 31.2 Å². The molecule has 0 bridgehead atoms. The number of fused-ring (bicyclic) bond motifs is 1. The quantitative estimate of drug-likeness (QED) is 0.379. The number of H-pyrrole nitrogens is 2. The molecule has 1 aliphatic rings. The molecule has 1 aliphatic carbocycles. The number of ether oxygens (including phenoxy) is 2. The van der Waals surface area contributed by atoms with E-state index in [0.717, 1.165) is 29.3 Å². The molecule has 1 atom stereocenters. The van der Waals surface area contributed by atoms with Gasteiger partial charge >= 0.3 is 6.09 Å². The van der Waals surface area contributed by atoms with Crippen molar-refractivity contribution in [3.8, 4) is 23.1 Å². The van der Waals surface area contributed by atoms with Gasteiger partial charge in [-0.1, -0.05) is 12.1 Å². The summed E-state index contributed by atoms with van der Waals surface area (Å²) in [7, 11) is 0. The van der Waals surface area contributed by atoms with Crippen LogP contribution < -0.4 is 10.1 Å². The maximum Gasteiger partial charge on any atom is 0.411 e. The highest BCUT2D eigenvalue weighted by atomic mass is 16.6. The minimum Gasteiger partial charge on any atom is -0.486 e. The smallest absolute Gasteiger partial charge is 0.411 e. The third-order valence-electron chi connectivity index (χ3n) is 5.72. The summed E-state index contributed by atoms with van der Waals surface area (Å²) >= 11 is 0. The molecule has 1 amide bonds. The number of anilines is 1. The number of aromatic amines is 2. The van der Waals surface area contributed by atoms with Gasteiger partial charge in [0.15, 0.2) is 5.82 Å². The van der Waals surface area contributed by atoms with Crippen molar-refractivity contribution >= 4 is 22.7 Å². The van der Waals surface area contributed by atoms with Crippen molar-refractivity contribution in [2.24, 2.45) is 5.92 Å². The van der Waals surface area contributed by atoms with Crippen molar-refractivity contribution in [3.63, 3.8) is 0 Å². The highest BCUT2D eigenvalue weighted by Gasteiger charge is 2.30. The van der Waals surface area contributed by atoms with E-state index in [1.165, 1.54) is 6.33 Å². The van der Waals surface area contributed by atoms with Gasteiger partial charge in [0.25, 0.3) is 0 Å². The Balaban J connectivity index is 1.32. The summed E-state index contributed by atoms with van der Waals surface area (Å²) in [5.74, 6) is 1.76. The highest BCUT2D eigenvalue weighted by Crippen LogP contribution is 2.34. The first-order chi connectivity index (χ1) is 16.1. The summed E-state index contributed by atoms with van der Waals surface area (Å²) in [6.45, 7) is 2.19. The molecular formula is C24H22N6O3. The fourth-order valence-electron chi connectivity index (χ4n) is 3.75. The number of hydrogen-bond donors (Lipinski definition) is 3. The van der Waals surface area contributed by atoms with Crippen LogP contribution in [0.4, 0.5) is 10.5 Å². The average molecular weight is 442 g/mol. The minimum absolute atomic E-state index is 0.0709. The first-order valence-corrected chi connectivity index (χ1v) is 10.7. The Morgan fingerprint density at radius 3 is 2.79 bits per heavy atom. The molecule has 2 aromatic carbocycles. The van der Waals surface area contributed by atoms with Crippen molar-refractivity contribution in [1.29, 1.82) is 5.26 Å². The van der Waals surface area contributed by atoms with E-state index < -0.39 is 6.09 Å². The van der Waals surface area contributed by atoms with Crippen LogP contribution in [-0.4, -0.2) is 32.4 Å². The third kappa shape index (κ3) is 4.50. The fourth-order valence-corrected chi connectivity index (χ4v) is 3.75. The number of aromatic nitrogens is 4. The molecule has 1 fully saturated rings. The van der Waals surface area contributed by atoms with Crippen LogP contribution in [0.2, 0.25) is 0 Å². The molecule has 9 heteroatoms. The molecule has 1 saturated carbocycles. The summed E-state index contributed by atoms with van der Waals surface area (Å²) in [5, 5.41) is 19.9. The van der Waals surface area contributed by atoms with Gasteiger partial charge in [-0.3, -0.25) is 10.4 Å². The molecule has 3 N–H and O–H groups in total. The molecule has 1 unspecified atom stereocenters. The van der Waals surface area contributed by atoms with E-state index in [4.69, 9.17) is 9.47 Å². The predicted octanol–water partition coefficient (Wildman–Crippen LogP) is 4.75. The standard InChI is InChI=1S/C24H22N6O3/c1-14(15-2-3-15)33-24(31)28-17-6-4-16(5-7-17)23-20(11-25)19-9-8-18(10-21(19)29-23)32-12-22-26-13-27-30-22/h4-10,13-15,29H,2-3,12H2,1H3,(H,28,31)(H,26,27,30). The number of rotatable bonds is 7. The second-order valence-electron chi connectivity index (χ2n) is 8.07. The zero-order valence-electron chi connectivity index (χ0n) is 18.0. The maximum absolute atomic E-state index is 12.1. The van der Waals surface area contributed by atoms with Crippen molar-refractivity contribution < 1.29 is 14.3 Å². The largest absolute Gasteiger partial charge is 0.486 e. The number of hydrogen-bond acceptors (Lipinski definition) is 6. The molecular weight excluding hydrogens is 420 g/mol. The van der Waals surface area contributed by atoms with Gasteiger partial charge in [-0.05, 0) is 55.5 Å². The lowest BCUT2D eigenvalue weighted by Crippen LogP contribution is -2.21. The van der Waals surface area contributed by atoms with E-state index in [0.29, 0.717) is 34.4 Å². The molecule has 0 aliphatic heterocycles. The molecule has 0 spiro atoms. The molecule has 9 nitrogen and oxygen atoms in total. The Labute approximate surface area is 189 Å². The summed E-state index contributed by atoms with van der Waals surface area (Å²) < 4.78 is 11.2. The Kier molecular flexibility index (Phi) is 5.40. The summed E-state index contributed by atoms with van der Waals surface area (Å²) in [6, 6.07) is 15.1. The van der Waals surface area contributed by atoms with Crippen molar-refractivity contribution in [3.05, 3.63) is 60.2 Å². The average Bonchev–Trinajstić information content (AvgIpc) is 3.42. The van der Waals surface area contributed by atoms with Crippen LogP contribution in [-0.2, 0) is 11.3 Å². The lowest BCUT2D eigenvalue weighted by atomic mass is 10.1. The van der Waals surface area contributed by atoms with E-state index in [2.05, 4.69) is 31.6 Å². The second-order valence-corrected chi connectivity index (χ2v) is 8.07. The van der Waals surface area contributed by atoms with E-state index >= 15 is 0 Å². The molecule has 166 valence electrons. The molecule has 2 heterocycles. The number of benzene rings is 2. The predicted molar refractivity (Wildman–Crippen MR) is 121 cm³/mol. The van der Waals surface area contributed by atoms with Gasteiger partial charge in [0.2, 0.25) is 0 Å². The summed E-state index contributed by atoms with van der Waals surface area (Å²) in [6.07, 6.45) is 3.13. The van der Waals surface area contributed by atoms with E-state index in [9.17, 15) is 10.1 Å². The van der Waals surface area contributed by atoms with Gasteiger partial charge in [0, 0.05) is 17.1 Å². The van der Waals surface area contributed by atoms with Gasteiger partial charge < -0.3 is 14.5 Å². The number of nitriles is 1. The van der Waals surface area contributed by atoms with E-state index in [1.807, 2.05) is 37.3 Å². The third-order valence-corrected chi connectivity index (χ3v) is 5.72. The van der Waals surface area contributed by atoms with Crippen molar-refractivity contribution in [2.75, 3.05) is 5.32 Å². The summed E-state index contributed by atoms with van der Waals surface area (Å²) in [5.41, 5.74) is 3.50. The molecule has 33 heavy (non-hydrogen) atoms. The van der Waals surface area contributed by atoms with Crippen LogP contribution >= 0.6 is 0 Å². The van der Waals surface area contributed by atoms with E-state index in [1.54, 1.807) is 12.1 Å². The minimum atomic E-state index is -0.455. The van der Waals surface area contributed by atoms with Gasteiger partial charge in [-0.15, -0.1) is 0 Å². The molecule has 5 rings (SSSR count). The van der Waals surface area contributed by atoms with Gasteiger partial charge in [-0.25, -0.2) is 9.78 Å². The van der Waals surface area contributed by atoms with E-state index in [-0.39, 0.29) is 12.7 Å². The number of carbonyl (C=O) groups excluding carboxylic acids is 1. The number of nitrogens with zero attached hydrogens (tertiary/aromatic N) is 3. The van der Waals surface area contributed by atoms with Crippen LogP contribution in [0.25, 0.3) is 22.2 Å². The zero-order valence-corrected chi connectivity index (χ0v) is 18.0. The Morgan fingerprint density at radius 1 is 1.27 bits per heavy atom. The van der Waals surface area contributed by atoms with Crippen molar-refractivity contribution in [2.45, 2.75) is 32.5 Å². The number of amides is 1. The zero-order chi connectivity index (χ0) is 22.8. The highest BCUT2D eigenvalue weighted by molar-refractivity contribution is 5.94. The molecule has 2 aromatic heterocycles. The Bertz CT molecular complexity index is 1320. The van der Waals surface area contributed by atoms with Crippen LogP contribution in [0.5, 0.6) is 5.75 Å². The topological polar surface area (TPSA) is 129 Å². The van der Waals surface area contributed by atoms with Gasteiger partial charge in [0.1, 0.15) is 30.9 Å². The van der Waals surface area contributed by atoms with Crippen LogP contribution in [0.15, 0.2) is 48.8 Å². The van der Waals surface area contributed by atoms with Gasteiger partial charge in [-0.2, -0.15) is 10.4 Å². The number of carbonyl (C=O) groups is 1. The lowest BCUT2D eigenvalue weighted by Gasteiger charge is -2.13. The fraction of sp³-hybridized carbons (Fsp3) is 0.250. The van der Waals surface area contributed by atoms with Gasteiger partial charge in [0.05, 0.1) is 16.8 Å². The lowest BCUT2D eigenvalue weighted by molar-refractivity contribution is 0.108. The maximum atomic E-state index is 12.1. The molecule has 4 aromatic rings. The summed E-state index contributed by atoms with van der Waals surface area (Å²) in [4.78, 5) is 19.4. The first kappa shape index (κ1) is 20.6. The monoisotopic (exact) mass is 442 g/mol. The molecule has 0 saturated heterocycles. The first-order valence-electron chi connectivity index (χ1n) is 10.7. The normalized spacial score (nSPS) is 13.9. The number of nitrogens with one attached hydrogen (secondary N) is 3.